The van der Waals surface area contributed by atoms with Crippen molar-refractivity contribution in [2.24, 2.45) is 12.8 Å². The molecule has 0 saturated carbocycles. The number of aryl methyl sites for hydroxylation is 1. The molecule has 1 aromatic carbocycles. The van der Waals surface area contributed by atoms with E-state index < -0.39 is 5.54 Å². The largest absolute Gasteiger partial charge is 0.338 e. The van der Waals surface area contributed by atoms with E-state index in [0.717, 1.165) is 11.4 Å². The van der Waals surface area contributed by atoms with Gasteiger partial charge in [0.1, 0.15) is 5.82 Å². The van der Waals surface area contributed by atoms with Gasteiger partial charge in [-0.15, -0.1) is 0 Å². The van der Waals surface area contributed by atoms with Gasteiger partial charge in [-0.2, -0.15) is 0 Å². The summed E-state index contributed by atoms with van der Waals surface area (Å²) in [5.41, 5.74) is 6.91. The van der Waals surface area contributed by atoms with Crippen LogP contribution in [0.1, 0.15) is 18.3 Å². The number of benzene rings is 1. The molecule has 0 saturated heterocycles. The van der Waals surface area contributed by atoms with E-state index in [0.29, 0.717) is 11.4 Å². The molecule has 0 aliphatic rings. The van der Waals surface area contributed by atoms with Gasteiger partial charge in [0, 0.05) is 36.4 Å². The summed E-state index contributed by atoms with van der Waals surface area (Å²) < 4.78 is 1.98. The highest BCUT2D eigenvalue weighted by atomic mass is 35.5. The van der Waals surface area contributed by atoms with Crippen LogP contribution in [-0.4, -0.2) is 9.55 Å². The normalized spacial score (nSPS) is 14.6. The molecule has 0 bridgehead atoms. The minimum absolute atomic E-state index is 0.468. The van der Waals surface area contributed by atoms with Gasteiger partial charge in [-0.25, -0.2) is 4.98 Å². The van der Waals surface area contributed by atoms with Crippen LogP contribution in [0, 0.1) is 0 Å². The zero-order chi connectivity index (χ0) is 12.5. The Morgan fingerprint density at radius 3 is 2.82 bits per heavy atom. The molecule has 0 radical (unpaired) electrons. The predicted molar refractivity (Wildman–Crippen MR) is 69.9 cm³/mol. The van der Waals surface area contributed by atoms with Gasteiger partial charge in [0.05, 0.1) is 0 Å². The zero-order valence-corrected chi connectivity index (χ0v) is 10.8. The molecule has 2 aromatic rings. The molecule has 0 fully saturated rings. The van der Waals surface area contributed by atoms with E-state index in [4.69, 9.17) is 17.3 Å². The fourth-order valence-corrected chi connectivity index (χ4v) is 2.03. The summed E-state index contributed by atoms with van der Waals surface area (Å²) in [5, 5.41) is 0.707. The first-order valence-corrected chi connectivity index (χ1v) is 5.88. The molecule has 90 valence electrons. The van der Waals surface area contributed by atoms with Crippen LogP contribution in [-0.2, 0) is 19.0 Å². The highest BCUT2D eigenvalue weighted by Gasteiger charge is 2.23. The number of hydrogen-bond donors (Lipinski definition) is 1. The lowest BCUT2D eigenvalue weighted by molar-refractivity contribution is 0.470. The topological polar surface area (TPSA) is 43.8 Å². The Hall–Kier alpha value is -1.32. The van der Waals surface area contributed by atoms with Gasteiger partial charge in [-0.3, -0.25) is 0 Å². The van der Waals surface area contributed by atoms with E-state index in [1.54, 1.807) is 6.20 Å². The SMILES string of the molecule is Cn1ccnc1CC(C)(N)c1cccc(Cl)c1. The van der Waals surface area contributed by atoms with E-state index in [9.17, 15) is 0 Å². The molecule has 3 nitrogen and oxygen atoms in total. The van der Waals surface area contributed by atoms with Crippen molar-refractivity contribution in [2.45, 2.75) is 18.9 Å². The summed E-state index contributed by atoms with van der Waals surface area (Å²) in [6.07, 6.45) is 4.38. The number of halogens is 1. The fourth-order valence-electron chi connectivity index (χ4n) is 1.84. The first kappa shape index (κ1) is 12.1. The van der Waals surface area contributed by atoms with Crippen molar-refractivity contribution in [3.63, 3.8) is 0 Å². The van der Waals surface area contributed by atoms with Gasteiger partial charge in [0.15, 0.2) is 0 Å². The minimum atomic E-state index is -0.468. The predicted octanol–water partition coefficient (Wildman–Crippen LogP) is 2.49. The maximum absolute atomic E-state index is 6.36. The Morgan fingerprint density at radius 1 is 1.47 bits per heavy atom. The first-order valence-electron chi connectivity index (χ1n) is 5.50. The van der Waals surface area contributed by atoms with Crippen LogP contribution in [0.3, 0.4) is 0 Å². The Labute approximate surface area is 106 Å². The maximum Gasteiger partial charge on any atom is 0.110 e. The maximum atomic E-state index is 6.36. The van der Waals surface area contributed by atoms with Crippen LogP contribution in [0.25, 0.3) is 0 Å². The van der Waals surface area contributed by atoms with Crippen LogP contribution in [0.15, 0.2) is 36.7 Å². The standard InChI is InChI=1S/C13H16ClN3/c1-13(15,9-12-16-6-7-17(12)2)10-4-3-5-11(14)8-10/h3-8H,9,15H2,1-2H3. The van der Waals surface area contributed by atoms with Gasteiger partial charge >= 0.3 is 0 Å². The van der Waals surface area contributed by atoms with E-state index >= 15 is 0 Å². The van der Waals surface area contributed by atoms with Crippen LogP contribution < -0.4 is 5.73 Å². The molecular weight excluding hydrogens is 234 g/mol. The van der Waals surface area contributed by atoms with E-state index in [2.05, 4.69) is 4.98 Å². The average Bonchev–Trinajstić information content (AvgIpc) is 2.64. The Bertz CT molecular complexity index is 517. The molecule has 2 rings (SSSR count). The summed E-state index contributed by atoms with van der Waals surface area (Å²) in [6.45, 7) is 1.99. The lowest BCUT2D eigenvalue weighted by Crippen LogP contribution is -2.36. The third-order valence-corrected chi connectivity index (χ3v) is 3.17. The molecule has 0 aliphatic heterocycles. The highest BCUT2D eigenvalue weighted by molar-refractivity contribution is 6.30. The van der Waals surface area contributed by atoms with Gasteiger partial charge in [-0.05, 0) is 24.6 Å². The minimum Gasteiger partial charge on any atom is -0.338 e. The highest BCUT2D eigenvalue weighted by Crippen LogP contribution is 2.24. The molecule has 0 amide bonds. The van der Waals surface area contributed by atoms with E-state index in [1.165, 1.54) is 0 Å². The second-order valence-electron chi connectivity index (χ2n) is 4.56. The second kappa shape index (κ2) is 4.51. The lowest BCUT2D eigenvalue weighted by Gasteiger charge is -2.25. The number of nitrogens with two attached hydrogens (primary N) is 1. The summed E-state index contributed by atoms with van der Waals surface area (Å²) >= 11 is 5.99. The smallest absolute Gasteiger partial charge is 0.110 e. The Morgan fingerprint density at radius 2 is 2.24 bits per heavy atom. The molecule has 17 heavy (non-hydrogen) atoms. The number of nitrogens with zero attached hydrogens (tertiary/aromatic N) is 2. The number of hydrogen-bond acceptors (Lipinski definition) is 2. The molecular formula is C13H16ClN3. The molecule has 1 atom stereocenters. The molecule has 2 N–H and O–H groups in total. The zero-order valence-electron chi connectivity index (χ0n) is 10.0. The summed E-state index contributed by atoms with van der Waals surface area (Å²) in [7, 11) is 1.97. The molecule has 4 heteroatoms. The molecule has 1 unspecified atom stereocenters. The summed E-state index contributed by atoms with van der Waals surface area (Å²) in [4.78, 5) is 4.30. The third kappa shape index (κ3) is 2.68. The Kier molecular flexibility index (Phi) is 3.22. The van der Waals surface area contributed by atoms with Crippen LogP contribution in [0.4, 0.5) is 0 Å². The van der Waals surface area contributed by atoms with Gasteiger partial charge in [-0.1, -0.05) is 23.7 Å². The van der Waals surface area contributed by atoms with Crippen molar-refractivity contribution in [2.75, 3.05) is 0 Å². The summed E-state index contributed by atoms with van der Waals surface area (Å²) in [6, 6.07) is 7.67. The summed E-state index contributed by atoms with van der Waals surface area (Å²) in [5.74, 6) is 0.968. The monoisotopic (exact) mass is 249 g/mol. The lowest BCUT2D eigenvalue weighted by atomic mass is 9.89. The molecule has 0 spiro atoms. The van der Waals surface area contributed by atoms with E-state index in [-0.39, 0.29) is 0 Å². The van der Waals surface area contributed by atoms with Gasteiger partial charge in [0.2, 0.25) is 0 Å². The van der Waals surface area contributed by atoms with Crippen molar-refractivity contribution in [3.8, 4) is 0 Å². The first-order chi connectivity index (χ1) is 7.99. The average molecular weight is 250 g/mol. The quantitative estimate of drug-likeness (QED) is 0.908. The Balaban J connectivity index is 2.27. The van der Waals surface area contributed by atoms with Gasteiger partial charge < -0.3 is 10.3 Å². The van der Waals surface area contributed by atoms with Crippen molar-refractivity contribution in [1.82, 2.24) is 9.55 Å². The fraction of sp³-hybridized carbons (Fsp3) is 0.308. The van der Waals surface area contributed by atoms with Crippen LogP contribution in [0.2, 0.25) is 5.02 Å². The van der Waals surface area contributed by atoms with Crippen LogP contribution in [0.5, 0.6) is 0 Å². The van der Waals surface area contributed by atoms with E-state index in [1.807, 2.05) is 49.0 Å². The number of imidazole rings is 1. The second-order valence-corrected chi connectivity index (χ2v) is 5.00. The number of aromatic nitrogens is 2. The molecule has 1 heterocycles. The third-order valence-electron chi connectivity index (χ3n) is 2.93. The van der Waals surface area contributed by atoms with Crippen molar-refractivity contribution in [1.29, 1.82) is 0 Å². The molecule has 0 aliphatic carbocycles. The molecule has 1 aromatic heterocycles. The van der Waals surface area contributed by atoms with Crippen LogP contribution >= 0.6 is 11.6 Å². The van der Waals surface area contributed by atoms with Gasteiger partial charge in [0.25, 0.3) is 0 Å². The number of rotatable bonds is 3. The van der Waals surface area contributed by atoms with Crippen molar-refractivity contribution < 1.29 is 0 Å². The van der Waals surface area contributed by atoms with Crippen molar-refractivity contribution in [3.05, 3.63) is 53.1 Å². The van der Waals surface area contributed by atoms with Crippen molar-refractivity contribution >= 4 is 11.6 Å².